The third-order valence-corrected chi connectivity index (χ3v) is 2.21. The highest BCUT2D eigenvalue weighted by atomic mass is 16.5. The van der Waals surface area contributed by atoms with Crippen molar-refractivity contribution in [1.29, 1.82) is 0 Å². The summed E-state index contributed by atoms with van der Waals surface area (Å²) in [6, 6.07) is 0. The fourth-order valence-electron chi connectivity index (χ4n) is 1.31. The van der Waals surface area contributed by atoms with E-state index in [-0.39, 0.29) is 5.84 Å². The highest BCUT2D eigenvalue weighted by Crippen LogP contribution is 2.06. The molecule has 0 saturated heterocycles. The lowest BCUT2D eigenvalue weighted by Crippen LogP contribution is -2.33. The molecule has 17 heavy (non-hydrogen) atoms. The number of methoxy groups -OCH3 is 1. The number of hydrogen-bond acceptors (Lipinski definition) is 7. The van der Waals surface area contributed by atoms with Gasteiger partial charge in [0.2, 0.25) is 5.95 Å². The first kappa shape index (κ1) is 13.2. The fraction of sp³-hybridized carbons (Fsp3) is 0.750. The van der Waals surface area contributed by atoms with Crippen LogP contribution >= 0.6 is 0 Å². The highest BCUT2D eigenvalue weighted by molar-refractivity contribution is 5.80. The van der Waals surface area contributed by atoms with E-state index in [0.717, 1.165) is 0 Å². The number of nitrogens with zero attached hydrogens (tertiary/aromatic N) is 6. The summed E-state index contributed by atoms with van der Waals surface area (Å²) in [5.74, 6) is 0.787. The zero-order valence-electron chi connectivity index (χ0n) is 9.94. The molecule has 0 radical (unpaired) electrons. The van der Waals surface area contributed by atoms with Crippen LogP contribution in [-0.4, -0.2) is 58.1 Å². The summed E-state index contributed by atoms with van der Waals surface area (Å²) in [6.45, 7) is 1.72. The second-order valence-electron chi connectivity index (χ2n) is 3.42. The summed E-state index contributed by atoms with van der Waals surface area (Å²) in [5.41, 5.74) is 5.42. The molecule has 0 aliphatic heterocycles. The molecule has 0 aromatic carbocycles. The van der Waals surface area contributed by atoms with Crippen molar-refractivity contribution in [2.24, 2.45) is 17.9 Å². The average molecular weight is 243 g/mol. The predicted molar refractivity (Wildman–Crippen MR) is 60.9 cm³/mol. The maximum absolute atomic E-state index is 8.48. The van der Waals surface area contributed by atoms with E-state index in [1.807, 2.05) is 4.90 Å². The Balaban J connectivity index is 2.64. The van der Waals surface area contributed by atoms with Crippen LogP contribution in [0, 0.1) is 0 Å². The quantitative estimate of drug-likeness (QED) is 0.267. The van der Waals surface area contributed by atoms with E-state index in [0.29, 0.717) is 32.1 Å². The van der Waals surface area contributed by atoms with Gasteiger partial charge in [-0.25, -0.2) is 4.68 Å². The lowest BCUT2D eigenvalue weighted by molar-refractivity contribution is 0.205. The summed E-state index contributed by atoms with van der Waals surface area (Å²) < 4.78 is 6.57. The molecule has 0 bridgehead atoms. The zero-order chi connectivity index (χ0) is 12.7. The second-order valence-corrected chi connectivity index (χ2v) is 3.42. The summed E-state index contributed by atoms with van der Waals surface area (Å²) >= 11 is 0. The van der Waals surface area contributed by atoms with Crippen LogP contribution in [0.1, 0.15) is 6.42 Å². The maximum Gasteiger partial charge on any atom is 0.245 e. The minimum absolute atomic E-state index is 0.169. The number of aryl methyl sites for hydroxylation is 1. The molecular weight excluding hydrogens is 226 g/mol. The lowest BCUT2D eigenvalue weighted by atomic mass is 10.3. The number of oxime groups is 1. The van der Waals surface area contributed by atoms with Crippen molar-refractivity contribution in [3.05, 3.63) is 0 Å². The number of rotatable bonds is 7. The van der Waals surface area contributed by atoms with Gasteiger partial charge in [-0.15, -0.1) is 0 Å². The molecule has 9 nitrogen and oxygen atoms in total. The van der Waals surface area contributed by atoms with E-state index >= 15 is 0 Å². The van der Waals surface area contributed by atoms with Crippen molar-refractivity contribution in [2.75, 3.05) is 31.7 Å². The molecule has 0 aliphatic carbocycles. The topological polar surface area (TPSA) is 115 Å². The van der Waals surface area contributed by atoms with Gasteiger partial charge in [0, 0.05) is 33.7 Å². The van der Waals surface area contributed by atoms with Crippen LogP contribution in [0.3, 0.4) is 0 Å². The molecule has 0 unspecified atom stereocenters. The molecule has 96 valence electrons. The monoisotopic (exact) mass is 243 g/mol. The first-order valence-corrected chi connectivity index (χ1v) is 5.11. The summed E-state index contributed by atoms with van der Waals surface area (Å²) in [7, 11) is 3.37. The fourth-order valence-corrected chi connectivity index (χ4v) is 1.31. The Morgan fingerprint density at radius 3 is 2.88 bits per heavy atom. The van der Waals surface area contributed by atoms with Gasteiger partial charge in [-0.2, -0.15) is 0 Å². The number of nitrogens with two attached hydrogens (primary N) is 1. The van der Waals surface area contributed by atoms with Crippen LogP contribution in [0.15, 0.2) is 5.16 Å². The van der Waals surface area contributed by atoms with Gasteiger partial charge in [0.25, 0.3) is 0 Å². The van der Waals surface area contributed by atoms with E-state index < -0.39 is 0 Å². The minimum Gasteiger partial charge on any atom is -0.409 e. The number of aromatic nitrogens is 4. The molecule has 1 heterocycles. The molecular formula is C8H17N7O2. The van der Waals surface area contributed by atoms with Gasteiger partial charge >= 0.3 is 0 Å². The van der Waals surface area contributed by atoms with Crippen molar-refractivity contribution in [3.63, 3.8) is 0 Å². The smallest absolute Gasteiger partial charge is 0.245 e. The molecule has 1 aromatic heterocycles. The molecule has 0 saturated carbocycles. The third-order valence-electron chi connectivity index (χ3n) is 2.21. The van der Waals surface area contributed by atoms with Gasteiger partial charge in [0.05, 0.1) is 6.61 Å². The molecule has 0 atom stereocenters. The Bertz CT molecular complexity index is 365. The largest absolute Gasteiger partial charge is 0.409 e. The van der Waals surface area contributed by atoms with Gasteiger partial charge in [-0.05, 0) is 10.4 Å². The molecule has 1 aromatic rings. The Labute approximate surface area is 98.8 Å². The normalized spacial score (nSPS) is 11.8. The van der Waals surface area contributed by atoms with Crippen molar-refractivity contribution in [1.82, 2.24) is 20.2 Å². The van der Waals surface area contributed by atoms with Crippen LogP contribution in [0.4, 0.5) is 5.95 Å². The highest BCUT2D eigenvalue weighted by Gasteiger charge is 2.13. The van der Waals surface area contributed by atoms with Crippen LogP contribution in [0.5, 0.6) is 0 Å². The number of tetrazole rings is 1. The minimum atomic E-state index is 0.169. The molecule has 1 rings (SSSR count). The van der Waals surface area contributed by atoms with Crippen LogP contribution in [0.2, 0.25) is 0 Å². The number of hydrogen-bond donors (Lipinski definition) is 2. The van der Waals surface area contributed by atoms with Gasteiger partial charge in [-0.3, -0.25) is 0 Å². The Morgan fingerprint density at radius 2 is 2.35 bits per heavy atom. The SMILES string of the molecule is COCCN(CCC(N)=NO)c1nnnn1C. The zero-order valence-corrected chi connectivity index (χ0v) is 9.94. The summed E-state index contributed by atoms with van der Waals surface area (Å²) in [5, 5.41) is 22.6. The first-order valence-electron chi connectivity index (χ1n) is 5.11. The van der Waals surface area contributed by atoms with Crippen molar-refractivity contribution in [2.45, 2.75) is 6.42 Å². The maximum atomic E-state index is 8.48. The Morgan fingerprint density at radius 1 is 1.59 bits per heavy atom. The van der Waals surface area contributed by atoms with Gasteiger partial charge in [0.1, 0.15) is 5.84 Å². The standard InChI is InChI=1S/C8H17N7O2/c1-14-8(10-12-13-14)15(5-6-17-2)4-3-7(9)11-16/h16H,3-6H2,1-2H3,(H2,9,11). The van der Waals surface area contributed by atoms with E-state index in [1.165, 1.54) is 0 Å². The number of amidine groups is 1. The van der Waals surface area contributed by atoms with Crippen molar-refractivity contribution in [3.8, 4) is 0 Å². The van der Waals surface area contributed by atoms with E-state index in [1.54, 1.807) is 18.8 Å². The summed E-state index contributed by atoms with van der Waals surface area (Å²) in [4.78, 5) is 1.90. The Kier molecular flexibility index (Phi) is 5.14. The van der Waals surface area contributed by atoms with Crippen molar-refractivity contribution < 1.29 is 9.94 Å². The van der Waals surface area contributed by atoms with E-state index in [4.69, 9.17) is 15.7 Å². The molecule has 0 amide bonds. The van der Waals surface area contributed by atoms with Crippen molar-refractivity contribution >= 4 is 11.8 Å². The number of anilines is 1. The molecule has 9 heteroatoms. The second kappa shape index (κ2) is 6.63. The molecule has 0 fully saturated rings. The third kappa shape index (κ3) is 3.87. The van der Waals surface area contributed by atoms with E-state index in [2.05, 4.69) is 20.7 Å². The number of ether oxygens (including phenoxy) is 1. The van der Waals surface area contributed by atoms with Crippen LogP contribution < -0.4 is 10.6 Å². The molecule has 0 spiro atoms. The van der Waals surface area contributed by atoms with Gasteiger partial charge < -0.3 is 20.6 Å². The Hall–Kier alpha value is -1.90. The van der Waals surface area contributed by atoms with Crippen LogP contribution in [0.25, 0.3) is 0 Å². The van der Waals surface area contributed by atoms with Crippen LogP contribution in [-0.2, 0) is 11.8 Å². The lowest BCUT2D eigenvalue weighted by Gasteiger charge is -2.21. The van der Waals surface area contributed by atoms with Gasteiger partial charge in [-0.1, -0.05) is 10.3 Å². The predicted octanol–water partition coefficient (Wildman–Crippen LogP) is -1.20. The average Bonchev–Trinajstić information content (AvgIpc) is 2.75. The van der Waals surface area contributed by atoms with E-state index in [9.17, 15) is 0 Å². The summed E-state index contributed by atoms with van der Waals surface area (Å²) in [6.07, 6.45) is 0.424. The van der Waals surface area contributed by atoms with Gasteiger partial charge in [0.15, 0.2) is 0 Å². The molecule has 0 aliphatic rings. The molecule has 3 N–H and O–H groups in total. The first-order chi connectivity index (χ1) is 8.19.